The Kier molecular flexibility index (Phi) is 4.43. The van der Waals surface area contributed by atoms with Crippen molar-refractivity contribution in [2.24, 2.45) is 0 Å². The third-order valence-corrected chi connectivity index (χ3v) is 30.9. The van der Waals surface area contributed by atoms with Gasteiger partial charge in [0.05, 0.1) is 16.1 Å². The number of rotatable bonds is 3. The molecule has 0 spiro atoms. The second-order valence-electron chi connectivity index (χ2n) is 6.63. The van der Waals surface area contributed by atoms with Crippen molar-refractivity contribution in [3.8, 4) is 0 Å². The van der Waals surface area contributed by atoms with Gasteiger partial charge in [-0.3, -0.25) is 0 Å². The van der Waals surface area contributed by atoms with Crippen molar-refractivity contribution in [1.82, 2.24) is 0 Å². The molecule has 0 aromatic rings. The van der Waals surface area contributed by atoms with E-state index in [4.69, 9.17) is 11.6 Å². The van der Waals surface area contributed by atoms with Crippen LogP contribution in [0.4, 0.5) is 0 Å². The Labute approximate surface area is 105 Å². The van der Waals surface area contributed by atoms with Crippen LogP contribution in [0.2, 0.25) is 52.4 Å². The smallest absolute Gasteiger partial charge is 0.129 e. The second kappa shape index (κ2) is 4.02. The SMILES string of the molecule is C[Si](C)(C)C(Cl)([Si](C)(C)C)[Si](C)(C)Br. The molecule has 86 valence electrons. The summed E-state index contributed by atoms with van der Waals surface area (Å²) in [5.41, 5.74) is 0. The fourth-order valence-electron chi connectivity index (χ4n) is 2.91. The predicted molar refractivity (Wildman–Crippen MR) is 81.7 cm³/mol. The molecule has 0 radical (unpaired) electrons. The van der Waals surface area contributed by atoms with E-state index in [2.05, 4.69) is 67.7 Å². The van der Waals surface area contributed by atoms with Crippen molar-refractivity contribution in [2.45, 2.75) is 56.1 Å². The molecule has 0 saturated carbocycles. The maximum absolute atomic E-state index is 7.11. The van der Waals surface area contributed by atoms with Crippen LogP contribution >= 0.6 is 26.9 Å². The summed E-state index contributed by atoms with van der Waals surface area (Å²) in [6.07, 6.45) is 0. The molecule has 0 aromatic heterocycles. The Balaban J connectivity index is 5.54. The normalized spacial score (nSPS) is 15.9. The molecule has 0 N–H and O–H groups in total. The highest BCUT2D eigenvalue weighted by Gasteiger charge is 2.60. The van der Waals surface area contributed by atoms with E-state index in [1.165, 1.54) is 0 Å². The van der Waals surface area contributed by atoms with Gasteiger partial charge in [-0.2, -0.15) is 0 Å². The van der Waals surface area contributed by atoms with Gasteiger partial charge in [-0.05, 0) is 0 Å². The van der Waals surface area contributed by atoms with E-state index in [0.717, 1.165) is 0 Å². The quantitative estimate of drug-likeness (QED) is 0.393. The fraction of sp³-hybridized carbons (Fsp3) is 1.00. The number of halogens is 2. The van der Waals surface area contributed by atoms with Gasteiger partial charge in [0.1, 0.15) is 6.69 Å². The molecule has 0 aliphatic rings. The first-order valence-electron chi connectivity index (χ1n) is 5.13. The molecule has 0 rings (SSSR count). The summed E-state index contributed by atoms with van der Waals surface area (Å²) >= 11 is 11.1. The van der Waals surface area contributed by atoms with Crippen molar-refractivity contribution < 1.29 is 0 Å². The van der Waals surface area contributed by atoms with Crippen molar-refractivity contribution in [3.05, 3.63) is 0 Å². The molecular weight excluding hydrogens is 308 g/mol. The minimum Gasteiger partial charge on any atom is -0.129 e. The monoisotopic (exact) mass is 330 g/mol. The lowest BCUT2D eigenvalue weighted by Crippen LogP contribution is -2.73. The molecular formula is C9H24BrClSi3. The van der Waals surface area contributed by atoms with Crippen LogP contribution in [-0.4, -0.2) is 26.6 Å². The van der Waals surface area contributed by atoms with Crippen LogP contribution in [0.15, 0.2) is 0 Å². The molecule has 0 aliphatic heterocycles. The fourth-order valence-corrected chi connectivity index (χ4v) is 36.9. The first-order chi connectivity index (χ1) is 5.75. The van der Waals surface area contributed by atoms with Crippen LogP contribution in [-0.2, 0) is 0 Å². The summed E-state index contributed by atoms with van der Waals surface area (Å²) < 4.78 is 0.118. The van der Waals surface area contributed by atoms with Crippen molar-refractivity contribution in [2.75, 3.05) is 0 Å². The van der Waals surface area contributed by atoms with Crippen LogP contribution in [0.1, 0.15) is 0 Å². The van der Waals surface area contributed by atoms with E-state index in [1.54, 1.807) is 0 Å². The first kappa shape index (κ1) is 15.4. The summed E-state index contributed by atoms with van der Waals surface area (Å²) in [5.74, 6) is 0. The topological polar surface area (TPSA) is 0 Å². The van der Waals surface area contributed by atoms with Crippen LogP contribution in [0.3, 0.4) is 0 Å². The molecule has 0 aliphatic carbocycles. The van der Waals surface area contributed by atoms with Gasteiger partial charge in [0.25, 0.3) is 0 Å². The van der Waals surface area contributed by atoms with Crippen molar-refractivity contribution in [1.29, 1.82) is 0 Å². The first-order valence-corrected chi connectivity index (χ1v) is 17.8. The Morgan fingerprint density at radius 1 is 0.786 bits per heavy atom. The van der Waals surface area contributed by atoms with Gasteiger partial charge in [-0.15, -0.1) is 26.9 Å². The Hall–Kier alpha value is 1.42. The molecule has 0 heterocycles. The van der Waals surface area contributed by atoms with Gasteiger partial charge >= 0.3 is 0 Å². The van der Waals surface area contributed by atoms with E-state index in [0.29, 0.717) is 0 Å². The summed E-state index contributed by atoms with van der Waals surface area (Å²) in [6, 6.07) is 0. The van der Waals surface area contributed by atoms with E-state index in [-0.39, 0.29) is 3.74 Å². The van der Waals surface area contributed by atoms with Gasteiger partial charge in [-0.25, -0.2) is 0 Å². The number of alkyl halides is 1. The Morgan fingerprint density at radius 3 is 1.00 bits per heavy atom. The Morgan fingerprint density at radius 2 is 1.00 bits per heavy atom. The largest absolute Gasteiger partial charge is 0.139 e. The average molecular weight is 332 g/mol. The van der Waals surface area contributed by atoms with Gasteiger partial charge in [0.15, 0.2) is 0 Å². The van der Waals surface area contributed by atoms with Crippen LogP contribution in [0.25, 0.3) is 0 Å². The zero-order valence-corrected chi connectivity index (χ0v) is 16.1. The molecule has 0 aromatic carbocycles. The van der Waals surface area contributed by atoms with E-state index < -0.39 is 22.8 Å². The predicted octanol–water partition coefficient (Wildman–Crippen LogP) is 4.86. The molecule has 0 amide bonds. The lowest BCUT2D eigenvalue weighted by atomic mass is 11.6. The molecule has 14 heavy (non-hydrogen) atoms. The van der Waals surface area contributed by atoms with Crippen molar-refractivity contribution in [3.63, 3.8) is 0 Å². The molecule has 0 atom stereocenters. The third kappa shape index (κ3) is 2.56. The summed E-state index contributed by atoms with van der Waals surface area (Å²) in [7, 11) is -2.68. The number of hydrogen-bond acceptors (Lipinski definition) is 0. The standard InChI is InChI=1S/C9H24BrClSi3/c1-12(2,3)9(11,13(4,5)6)14(7,8)10/h1-8H3. The maximum Gasteiger partial charge on any atom is 0.139 e. The summed E-state index contributed by atoms with van der Waals surface area (Å²) in [5, 5.41) is 0. The minimum atomic E-state index is -1.48. The molecule has 0 unspecified atom stereocenters. The van der Waals surface area contributed by atoms with Gasteiger partial charge in [0.2, 0.25) is 0 Å². The Bertz CT molecular complexity index is 174. The van der Waals surface area contributed by atoms with Gasteiger partial charge in [-0.1, -0.05) is 52.4 Å². The molecule has 0 saturated heterocycles. The number of hydrogen-bond donors (Lipinski definition) is 0. The van der Waals surface area contributed by atoms with E-state index in [9.17, 15) is 0 Å². The maximum atomic E-state index is 7.11. The van der Waals surface area contributed by atoms with Gasteiger partial charge < -0.3 is 0 Å². The van der Waals surface area contributed by atoms with Crippen molar-refractivity contribution >= 4 is 49.7 Å². The van der Waals surface area contributed by atoms with Crippen LogP contribution in [0.5, 0.6) is 0 Å². The van der Waals surface area contributed by atoms with E-state index in [1.807, 2.05) is 0 Å². The summed E-state index contributed by atoms with van der Waals surface area (Å²) in [6.45, 7) is 17.7. The molecule has 0 fully saturated rings. The zero-order chi connectivity index (χ0) is 12.0. The highest BCUT2D eigenvalue weighted by atomic mass is 79.9. The highest BCUT2D eigenvalue weighted by molar-refractivity contribution is 9.26. The second-order valence-corrected chi connectivity index (χ2v) is 29.8. The highest BCUT2D eigenvalue weighted by Crippen LogP contribution is 2.46. The zero-order valence-electron chi connectivity index (χ0n) is 10.8. The molecule has 0 nitrogen and oxygen atoms in total. The molecule has 0 bridgehead atoms. The lowest BCUT2D eigenvalue weighted by Gasteiger charge is -2.53. The summed E-state index contributed by atoms with van der Waals surface area (Å²) in [4.78, 5) is 0. The van der Waals surface area contributed by atoms with Gasteiger partial charge in [0, 0.05) is 3.74 Å². The third-order valence-electron chi connectivity index (χ3n) is 2.89. The lowest BCUT2D eigenvalue weighted by molar-refractivity contribution is 1.30. The average Bonchev–Trinajstić information content (AvgIpc) is 1.77. The van der Waals surface area contributed by atoms with Crippen LogP contribution < -0.4 is 0 Å². The molecule has 5 heteroatoms. The van der Waals surface area contributed by atoms with Crippen LogP contribution in [0, 0.1) is 0 Å². The minimum absolute atomic E-state index is 0.118. The van der Waals surface area contributed by atoms with E-state index >= 15 is 0 Å².